The molecule has 41 heavy (non-hydrogen) atoms. The fraction of sp³-hybridized carbons (Fsp3) is 0.517. The van der Waals surface area contributed by atoms with Crippen molar-refractivity contribution in [3.05, 3.63) is 52.9 Å². The van der Waals surface area contributed by atoms with Crippen molar-refractivity contribution in [3.63, 3.8) is 0 Å². The van der Waals surface area contributed by atoms with Gasteiger partial charge in [0.05, 0.1) is 12.3 Å². The lowest BCUT2D eigenvalue weighted by molar-refractivity contribution is -0.153. The van der Waals surface area contributed by atoms with Crippen molar-refractivity contribution in [1.82, 2.24) is 20.6 Å². The number of carbonyl (C=O) groups is 3. The van der Waals surface area contributed by atoms with Gasteiger partial charge in [0.1, 0.15) is 23.3 Å². The van der Waals surface area contributed by atoms with E-state index in [0.717, 1.165) is 25.7 Å². The fourth-order valence-corrected chi connectivity index (χ4v) is 5.09. The van der Waals surface area contributed by atoms with Crippen LogP contribution < -0.4 is 15.4 Å². The number of hydrogen-bond donors (Lipinski definition) is 2. The van der Waals surface area contributed by atoms with Gasteiger partial charge in [-0.3, -0.25) is 14.4 Å². The molecule has 0 radical (unpaired) electrons. The van der Waals surface area contributed by atoms with E-state index in [2.05, 4.69) is 25.8 Å². The summed E-state index contributed by atoms with van der Waals surface area (Å²) >= 11 is 0. The number of nitrogens with zero attached hydrogens (tertiary/aromatic N) is 3. The summed E-state index contributed by atoms with van der Waals surface area (Å²) in [4.78, 5) is 50.8. The number of aromatic nitrogens is 2. The van der Waals surface area contributed by atoms with Crippen molar-refractivity contribution >= 4 is 23.5 Å². The molecular weight excluding hydrogens is 533 g/mol. The Morgan fingerprint density at radius 2 is 1.90 bits per heavy atom. The molecule has 4 rings (SSSR count). The number of hydrogen-bond acceptors (Lipinski definition) is 9. The highest BCUT2D eigenvalue weighted by atomic mass is 19.1. The number of rotatable bonds is 10. The zero-order valence-corrected chi connectivity index (χ0v) is 23.7. The third-order valence-electron chi connectivity index (χ3n) is 7.16. The van der Waals surface area contributed by atoms with E-state index in [1.165, 1.54) is 13.0 Å². The van der Waals surface area contributed by atoms with E-state index in [4.69, 9.17) is 14.3 Å². The lowest BCUT2D eigenvalue weighted by Gasteiger charge is -2.31. The topological polar surface area (TPSA) is 141 Å². The molecule has 1 saturated carbocycles. The Kier molecular flexibility index (Phi) is 9.85. The maximum atomic E-state index is 13.8. The summed E-state index contributed by atoms with van der Waals surface area (Å²) in [6.45, 7) is 6.83. The van der Waals surface area contributed by atoms with Gasteiger partial charge in [0.2, 0.25) is 0 Å². The number of aryl methyl sites for hydroxylation is 1. The minimum atomic E-state index is -0.821. The zero-order valence-electron chi connectivity index (χ0n) is 23.7. The molecule has 0 saturated heterocycles. The zero-order chi connectivity index (χ0) is 29.5. The Morgan fingerprint density at radius 3 is 2.61 bits per heavy atom. The maximum absolute atomic E-state index is 13.8. The van der Waals surface area contributed by atoms with Crippen LogP contribution in [0.25, 0.3) is 0 Å². The summed E-state index contributed by atoms with van der Waals surface area (Å²) in [7, 11) is 0. The van der Waals surface area contributed by atoms with Gasteiger partial charge in [-0.15, -0.1) is 0 Å². The summed E-state index contributed by atoms with van der Waals surface area (Å²) in [5.74, 6) is -0.797. The predicted octanol–water partition coefficient (Wildman–Crippen LogP) is 3.37. The molecular formula is C29H36FN5O6. The molecule has 12 heteroatoms. The second-order valence-electron chi connectivity index (χ2n) is 10.3. The van der Waals surface area contributed by atoms with Gasteiger partial charge in [0, 0.05) is 25.9 Å². The van der Waals surface area contributed by atoms with Gasteiger partial charge in [-0.25, -0.2) is 14.4 Å². The number of benzene rings is 1. The first-order chi connectivity index (χ1) is 19.6. The Labute approximate surface area is 238 Å². The minimum Gasteiger partial charge on any atom is -0.491 e. The van der Waals surface area contributed by atoms with Crippen molar-refractivity contribution < 1.29 is 33.1 Å². The summed E-state index contributed by atoms with van der Waals surface area (Å²) in [6, 6.07) is 6.07. The Balaban J connectivity index is 1.30. The summed E-state index contributed by atoms with van der Waals surface area (Å²) in [5.41, 5.74) is 2.08. The molecule has 2 aromatic rings. The summed E-state index contributed by atoms with van der Waals surface area (Å²) in [5, 5.41) is 10.0. The van der Waals surface area contributed by atoms with Crippen LogP contribution in [-0.2, 0) is 25.7 Å². The summed E-state index contributed by atoms with van der Waals surface area (Å²) < 4.78 is 24.1. The highest BCUT2D eigenvalue weighted by molar-refractivity contribution is 6.02. The van der Waals surface area contributed by atoms with E-state index >= 15 is 0 Å². The van der Waals surface area contributed by atoms with Gasteiger partial charge >= 0.3 is 5.97 Å². The first-order valence-corrected chi connectivity index (χ1v) is 13.9. The maximum Gasteiger partial charge on any atom is 0.303 e. The van der Waals surface area contributed by atoms with E-state index in [0.29, 0.717) is 35.8 Å². The smallest absolute Gasteiger partial charge is 0.303 e. The molecule has 0 spiro atoms. The Bertz CT molecular complexity index is 1310. The lowest BCUT2D eigenvalue weighted by atomic mass is 9.81. The van der Waals surface area contributed by atoms with Crippen LogP contribution in [0.15, 0.2) is 29.4 Å². The molecule has 1 aliphatic heterocycles. The highest BCUT2D eigenvalue weighted by Gasteiger charge is 2.35. The van der Waals surface area contributed by atoms with Crippen LogP contribution in [0, 0.1) is 18.7 Å². The predicted molar refractivity (Wildman–Crippen MR) is 147 cm³/mol. The fourth-order valence-electron chi connectivity index (χ4n) is 5.09. The highest BCUT2D eigenvalue weighted by Crippen LogP contribution is 2.33. The van der Waals surface area contributed by atoms with Gasteiger partial charge in [-0.1, -0.05) is 11.2 Å². The lowest BCUT2D eigenvalue weighted by Crippen LogP contribution is -2.44. The monoisotopic (exact) mass is 569 g/mol. The van der Waals surface area contributed by atoms with Gasteiger partial charge in [-0.05, 0) is 76.1 Å². The number of amides is 2. The van der Waals surface area contributed by atoms with Gasteiger partial charge in [0.15, 0.2) is 17.7 Å². The number of nitrogens with one attached hydrogen (secondary N) is 2. The Morgan fingerprint density at radius 1 is 1.15 bits per heavy atom. The number of oxime groups is 1. The second-order valence-corrected chi connectivity index (χ2v) is 10.3. The molecule has 0 bridgehead atoms. The molecule has 220 valence electrons. The average molecular weight is 570 g/mol. The van der Waals surface area contributed by atoms with E-state index in [9.17, 15) is 18.8 Å². The molecule has 1 aromatic carbocycles. The average Bonchev–Trinajstić information content (AvgIpc) is 3.43. The third-order valence-corrected chi connectivity index (χ3v) is 7.16. The van der Waals surface area contributed by atoms with Crippen LogP contribution in [-0.4, -0.2) is 58.3 Å². The van der Waals surface area contributed by atoms with Crippen molar-refractivity contribution in [1.29, 1.82) is 0 Å². The quantitative estimate of drug-likeness (QED) is 0.415. The van der Waals surface area contributed by atoms with Crippen molar-refractivity contribution in [3.8, 4) is 5.75 Å². The van der Waals surface area contributed by atoms with Crippen LogP contribution in [0.4, 0.5) is 4.39 Å². The standard InChI is InChI=1S/C29H36FN5O6/c1-5-39-27-12-19(6-11-22(27)30)15-31-29(38)25-13-23(32-17(3)33-25)24-14-26(41-35-24)20-7-9-21(10-8-20)34-28(37)16(2)40-18(4)36/h6,11-13,16,20-21,26H,5,7-10,14-15H2,1-4H3,(H,31,38)(H,34,37). The van der Waals surface area contributed by atoms with Gasteiger partial charge < -0.3 is 24.9 Å². The molecule has 2 N–H and O–H groups in total. The van der Waals surface area contributed by atoms with Crippen LogP contribution in [0.1, 0.15) is 80.4 Å². The molecule has 2 unspecified atom stereocenters. The van der Waals surface area contributed by atoms with E-state index < -0.39 is 23.8 Å². The molecule has 1 fully saturated rings. The SMILES string of the molecule is CCOc1cc(CNC(=O)c2cc(C3=NOC(C4CCC(NC(=O)C(C)OC(C)=O)CC4)C3)nc(C)n2)ccc1F. The minimum absolute atomic E-state index is 0.0183. The number of esters is 1. The third kappa shape index (κ3) is 7.99. The van der Waals surface area contributed by atoms with Gasteiger partial charge in [0.25, 0.3) is 11.8 Å². The Hall–Kier alpha value is -4.09. The first kappa shape index (κ1) is 29.9. The van der Waals surface area contributed by atoms with Crippen LogP contribution >= 0.6 is 0 Å². The molecule has 2 amide bonds. The van der Waals surface area contributed by atoms with Crippen molar-refractivity contribution in [2.24, 2.45) is 11.1 Å². The number of halogens is 1. The van der Waals surface area contributed by atoms with E-state index in [1.807, 2.05) is 0 Å². The molecule has 2 heterocycles. The van der Waals surface area contributed by atoms with E-state index in [-0.39, 0.29) is 42.0 Å². The van der Waals surface area contributed by atoms with Gasteiger partial charge in [-0.2, -0.15) is 0 Å². The molecule has 11 nitrogen and oxygen atoms in total. The van der Waals surface area contributed by atoms with Crippen LogP contribution in [0.5, 0.6) is 5.75 Å². The molecule has 1 aromatic heterocycles. The first-order valence-electron chi connectivity index (χ1n) is 13.9. The normalized spacial score (nSPS) is 20.8. The van der Waals surface area contributed by atoms with Crippen LogP contribution in [0.3, 0.4) is 0 Å². The van der Waals surface area contributed by atoms with E-state index in [1.54, 1.807) is 39.0 Å². The van der Waals surface area contributed by atoms with Crippen molar-refractivity contribution in [2.75, 3.05) is 6.61 Å². The molecule has 2 atom stereocenters. The molecule has 2 aliphatic rings. The summed E-state index contributed by atoms with van der Waals surface area (Å²) in [6.07, 6.45) is 2.89. The number of ether oxygens (including phenoxy) is 2. The largest absolute Gasteiger partial charge is 0.491 e. The van der Waals surface area contributed by atoms with Crippen LogP contribution in [0.2, 0.25) is 0 Å². The van der Waals surface area contributed by atoms with Crippen molar-refractivity contribution in [2.45, 2.75) is 84.6 Å². The molecule has 1 aliphatic carbocycles. The second kappa shape index (κ2) is 13.5. The number of carbonyl (C=O) groups excluding carboxylic acids is 3.